The summed E-state index contributed by atoms with van der Waals surface area (Å²) in [5.41, 5.74) is 0.902. The van der Waals surface area contributed by atoms with Crippen molar-refractivity contribution in [3.05, 3.63) is 29.8 Å². The summed E-state index contributed by atoms with van der Waals surface area (Å²) in [6, 6.07) is 8.80. The number of esters is 1. The second-order valence-electron chi connectivity index (χ2n) is 4.27. The first kappa shape index (κ1) is 15.7. The molecule has 1 aromatic rings. The monoisotopic (exact) mass is 275 g/mol. The van der Waals surface area contributed by atoms with E-state index in [1.807, 2.05) is 6.07 Å². The Bertz CT molecular complexity index is 523. The molecule has 1 rings (SSSR count). The van der Waals surface area contributed by atoms with Gasteiger partial charge in [0.1, 0.15) is 6.07 Å². The zero-order valence-corrected chi connectivity index (χ0v) is 11.5. The van der Waals surface area contributed by atoms with Gasteiger partial charge in [-0.3, -0.25) is 14.5 Å². The fourth-order valence-corrected chi connectivity index (χ4v) is 1.59. The van der Waals surface area contributed by atoms with E-state index in [2.05, 4.69) is 10.1 Å². The number of carbonyl (C=O) groups excluding carboxylic acids is 2. The quantitative estimate of drug-likeness (QED) is 0.783. The number of amides is 1. The van der Waals surface area contributed by atoms with Gasteiger partial charge in [-0.25, -0.2) is 0 Å². The molecule has 1 amide bonds. The highest BCUT2D eigenvalue weighted by molar-refractivity contribution is 5.93. The average molecular weight is 275 g/mol. The van der Waals surface area contributed by atoms with Gasteiger partial charge in [-0.2, -0.15) is 5.26 Å². The molecule has 0 unspecified atom stereocenters. The number of nitrogens with zero attached hydrogens (tertiary/aromatic N) is 2. The first-order chi connectivity index (χ1) is 9.56. The zero-order chi connectivity index (χ0) is 15.0. The number of ether oxygens (including phenoxy) is 1. The van der Waals surface area contributed by atoms with Crippen LogP contribution in [0.4, 0.5) is 5.69 Å². The molecule has 20 heavy (non-hydrogen) atoms. The Labute approximate surface area is 117 Å². The Morgan fingerprint density at radius 3 is 2.75 bits per heavy atom. The number of hydrogen-bond acceptors (Lipinski definition) is 5. The molecule has 0 fully saturated rings. The van der Waals surface area contributed by atoms with E-state index in [1.165, 1.54) is 7.11 Å². The van der Waals surface area contributed by atoms with Crippen molar-refractivity contribution in [1.29, 1.82) is 5.26 Å². The molecule has 0 aromatic heterocycles. The smallest absolute Gasteiger partial charge is 0.306 e. The number of nitriles is 1. The van der Waals surface area contributed by atoms with E-state index in [-0.39, 0.29) is 24.8 Å². The lowest BCUT2D eigenvalue weighted by Crippen LogP contribution is -2.32. The maximum atomic E-state index is 11.8. The third-order valence-corrected chi connectivity index (χ3v) is 2.66. The van der Waals surface area contributed by atoms with E-state index < -0.39 is 0 Å². The molecule has 6 nitrogen and oxygen atoms in total. The number of benzene rings is 1. The maximum absolute atomic E-state index is 11.8. The molecule has 0 aliphatic rings. The molecule has 0 aliphatic carbocycles. The molecule has 6 heteroatoms. The molecule has 106 valence electrons. The van der Waals surface area contributed by atoms with Gasteiger partial charge in [0.2, 0.25) is 5.91 Å². The minimum Gasteiger partial charge on any atom is -0.469 e. The topological polar surface area (TPSA) is 82.4 Å². The van der Waals surface area contributed by atoms with Crippen LogP contribution in [-0.2, 0) is 14.3 Å². The maximum Gasteiger partial charge on any atom is 0.306 e. The molecule has 0 heterocycles. The van der Waals surface area contributed by atoms with Crippen LogP contribution >= 0.6 is 0 Å². The molecule has 1 N–H and O–H groups in total. The number of methoxy groups -OCH3 is 1. The molecule has 0 saturated carbocycles. The molecule has 0 saturated heterocycles. The van der Waals surface area contributed by atoms with Crippen LogP contribution in [0.3, 0.4) is 0 Å². The summed E-state index contributed by atoms with van der Waals surface area (Å²) in [6.07, 6.45) is 0.231. The Morgan fingerprint density at radius 1 is 1.40 bits per heavy atom. The van der Waals surface area contributed by atoms with Gasteiger partial charge < -0.3 is 10.1 Å². The number of hydrogen-bond donors (Lipinski definition) is 1. The molecule has 0 radical (unpaired) electrons. The minimum absolute atomic E-state index is 0.136. The lowest BCUT2D eigenvalue weighted by atomic mass is 10.2. The second-order valence-corrected chi connectivity index (χ2v) is 4.27. The number of nitrogens with one attached hydrogen (secondary N) is 1. The summed E-state index contributed by atoms with van der Waals surface area (Å²) >= 11 is 0. The highest BCUT2D eigenvalue weighted by atomic mass is 16.5. The fraction of sp³-hybridized carbons (Fsp3) is 0.357. The Balaban J connectivity index is 2.47. The van der Waals surface area contributed by atoms with Gasteiger partial charge in [-0.15, -0.1) is 0 Å². The van der Waals surface area contributed by atoms with E-state index in [4.69, 9.17) is 5.26 Å². The largest absolute Gasteiger partial charge is 0.469 e. The predicted octanol–water partition coefficient (Wildman–Crippen LogP) is 0.992. The van der Waals surface area contributed by atoms with Crippen LogP contribution in [-0.4, -0.2) is 44.0 Å². The third kappa shape index (κ3) is 5.08. The normalized spacial score (nSPS) is 9.90. The zero-order valence-electron chi connectivity index (χ0n) is 11.5. The molecule has 0 spiro atoms. The molecule has 0 aliphatic heterocycles. The van der Waals surface area contributed by atoms with Crippen LogP contribution in [0, 0.1) is 11.3 Å². The van der Waals surface area contributed by atoms with E-state index >= 15 is 0 Å². The predicted molar refractivity (Wildman–Crippen MR) is 73.9 cm³/mol. The van der Waals surface area contributed by atoms with Crippen molar-refractivity contribution >= 4 is 17.6 Å². The Morgan fingerprint density at radius 2 is 2.10 bits per heavy atom. The van der Waals surface area contributed by atoms with Crippen molar-refractivity contribution in [3.63, 3.8) is 0 Å². The SMILES string of the molecule is COC(=O)CCN(C)CC(=O)Nc1ccccc1C#N. The third-order valence-electron chi connectivity index (χ3n) is 2.66. The van der Waals surface area contributed by atoms with E-state index in [9.17, 15) is 9.59 Å². The lowest BCUT2D eigenvalue weighted by Gasteiger charge is -2.15. The van der Waals surface area contributed by atoms with Crippen molar-refractivity contribution in [2.75, 3.05) is 32.6 Å². The molecule has 1 aromatic carbocycles. The fourth-order valence-electron chi connectivity index (χ4n) is 1.59. The first-order valence-electron chi connectivity index (χ1n) is 6.11. The highest BCUT2D eigenvalue weighted by Gasteiger charge is 2.10. The van der Waals surface area contributed by atoms with E-state index in [1.54, 1.807) is 36.2 Å². The van der Waals surface area contributed by atoms with Gasteiger partial charge in [0.05, 0.1) is 31.3 Å². The van der Waals surface area contributed by atoms with Crippen LogP contribution in [0.2, 0.25) is 0 Å². The highest BCUT2D eigenvalue weighted by Crippen LogP contribution is 2.13. The van der Waals surface area contributed by atoms with E-state index in [0.29, 0.717) is 17.8 Å². The molecular weight excluding hydrogens is 258 g/mol. The lowest BCUT2D eigenvalue weighted by molar-refractivity contribution is -0.141. The Hall–Kier alpha value is -2.39. The molecule has 0 bridgehead atoms. The Kier molecular flexibility index (Phi) is 6.20. The summed E-state index contributed by atoms with van der Waals surface area (Å²) in [5, 5.41) is 11.6. The summed E-state index contributed by atoms with van der Waals surface area (Å²) in [5.74, 6) is -0.549. The average Bonchev–Trinajstić information content (AvgIpc) is 2.45. The summed E-state index contributed by atoms with van der Waals surface area (Å²) in [7, 11) is 3.06. The number of likely N-dealkylation sites (N-methyl/N-ethyl adjacent to an activating group) is 1. The first-order valence-corrected chi connectivity index (χ1v) is 6.11. The number of anilines is 1. The molecule has 0 atom stereocenters. The summed E-state index contributed by atoms with van der Waals surface area (Å²) < 4.78 is 4.53. The van der Waals surface area contributed by atoms with Crippen molar-refractivity contribution in [3.8, 4) is 6.07 Å². The van der Waals surface area contributed by atoms with Crippen molar-refractivity contribution in [1.82, 2.24) is 4.90 Å². The number of carbonyl (C=O) groups is 2. The minimum atomic E-state index is -0.313. The van der Waals surface area contributed by atoms with Crippen LogP contribution < -0.4 is 5.32 Å². The number of rotatable bonds is 6. The van der Waals surface area contributed by atoms with Crippen LogP contribution in [0.5, 0.6) is 0 Å². The van der Waals surface area contributed by atoms with Crippen LogP contribution in [0.25, 0.3) is 0 Å². The van der Waals surface area contributed by atoms with Gasteiger partial charge in [0.15, 0.2) is 0 Å². The number of para-hydroxylation sites is 1. The van der Waals surface area contributed by atoms with Crippen LogP contribution in [0.1, 0.15) is 12.0 Å². The standard InChI is InChI=1S/C14H17N3O3/c1-17(8-7-14(19)20-2)10-13(18)16-12-6-4-3-5-11(12)9-15/h3-6H,7-8,10H2,1-2H3,(H,16,18). The van der Waals surface area contributed by atoms with Crippen molar-refractivity contribution < 1.29 is 14.3 Å². The van der Waals surface area contributed by atoms with E-state index in [0.717, 1.165) is 0 Å². The second kappa shape index (κ2) is 7.92. The van der Waals surface area contributed by atoms with Crippen molar-refractivity contribution in [2.24, 2.45) is 0 Å². The summed E-state index contributed by atoms with van der Waals surface area (Å²) in [6.45, 7) is 0.566. The van der Waals surface area contributed by atoms with Gasteiger partial charge in [-0.05, 0) is 19.2 Å². The van der Waals surface area contributed by atoms with Gasteiger partial charge in [0.25, 0.3) is 0 Å². The molecular formula is C14H17N3O3. The van der Waals surface area contributed by atoms with Crippen LogP contribution in [0.15, 0.2) is 24.3 Å². The summed E-state index contributed by atoms with van der Waals surface area (Å²) in [4.78, 5) is 24.5. The van der Waals surface area contributed by atoms with Gasteiger partial charge >= 0.3 is 5.97 Å². The van der Waals surface area contributed by atoms with Crippen molar-refractivity contribution in [2.45, 2.75) is 6.42 Å². The van der Waals surface area contributed by atoms with Gasteiger partial charge in [-0.1, -0.05) is 12.1 Å². The van der Waals surface area contributed by atoms with Gasteiger partial charge in [0, 0.05) is 6.54 Å².